The molecule has 0 saturated heterocycles. The van der Waals surface area contributed by atoms with Crippen molar-refractivity contribution in [2.24, 2.45) is 0 Å². The van der Waals surface area contributed by atoms with E-state index in [0.717, 1.165) is 0 Å². The van der Waals surface area contributed by atoms with E-state index in [9.17, 15) is 52.5 Å². The Labute approximate surface area is 210 Å². The maximum atomic E-state index is 12.2. The van der Waals surface area contributed by atoms with Crippen LogP contribution in [0.15, 0.2) is 84.9 Å². The third-order valence-corrected chi connectivity index (χ3v) is 10.6. The average Bonchev–Trinajstić information content (AvgIpc) is 2.81. The number of hydrogen-bond donors (Lipinski definition) is 0. The fraction of sp³-hybridized carbons (Fsp3) is 0.217. The van der Waals surface area contributed by atoms with Crippen molar-refractivity contribution >= 4 is 37.4 Å². The largest absolute Gasteiger partial charge is 0.743 e. The predicted molar refractivity (Wildman–Crippen MR) is 119 cm³/mol. The summed E-state index contributed by atoms with van der Waals surface area (Å²) < 4.78 is 140. The van der Waals surface area contributed by atoms with Crippen LogP contribution in [0, 0.1) is 6.92 Å². The summed E-state index contributed by atoms with van der Waals surface area (Å²) in [5, 5.41) is -7.11. The first-order valence-corrected chi connectivity index (χ1v) is 13.9. The molecule has 14 heteroatoms. The van der Waals surface area contributed by atoms with Crippen molar-refractivity contribution in [1.82, 2.24) is 0 Å². The summed E-state index contributed by atoms with van der Waals surface area (Å²) in [6.07, 6.45) is -7.16. The summed E-state index contributed by atoms with van der Waals surface area (Å²) >= 11 is -1.18. The van der Waals surface area contributed by atoms with Crippen LogP contribution in [0.3, 0.4) is 0 Å². The van der Waals surface area contributed by atoms with Crippen molar-refractivity contribution in [2.75, 3.05) is 0 Å². The Morgan fingerprint density at radius 3 is 1.35 bits per heavy atom. The molecule has 0 unspecified atom stereocenters. The van der Waals surface area contributed by atoms with Crippen LogP contribution in [0.4, 0.5) is 39.5 Å². The van der Waals surface area contributed by atoms with Gasteiger partial charge in [0.1, 0.15) is 0 Å². The Hall–Kier alpha value is -2.54. The van der Waals surface area contributed by atoms with Gasteiger partial charge in [0.15, 0.2) is 10.1 Å². The van der Waals surface area contributed by atoms with Gasteiger partial charge in [0.05, 0.1) is 0 Å². The molecular weight excluding hydrogens is 606 g/mol. The number of halogens is 9. The van der Waals surface area contributed by atoms with Crippen LogP contribution in [0.25, 0.3) is 0 Å². The smallest absolute Gasteiger partial charge is 0.460 e. The zero-order valence-corrected chi connectivity index (χ0v) is 21.1. The van der Waals surface area contributed by atoms with Gasteiger partial charge in [-0.05, 0) is 0 Å². The molecule has 0 heterocycles. The van der Waals surface area contributed by atoms with Crippen LogP contribution in [0.2, 0.25) is 0 Å². The summed E-state index contributed by atoms with van der Waals surface area (Å²) in [4.78, 5) is 0. The molecule has 0 bridgehead atoms. The molecule has 3 nitrogen and oxygen atoms in total. The molecule has 202 valence electrons. The van der Waals surface area contributed by atoms with Gasteiger partial charge in [-0.15, -0.1) is 0 Å². The second-order valence-corrected chi connectivity index (χ2v) is 12.9. The molecule has 0 aliphatic rings. The van der Waals surface area contributed by atoms with Crippen molar-refractivity contribution in [2.45, 2.75) is 30.2 Å². The summed E-state index contributed by atoms with van der Waals surface area (Å²) in [6.45, 7) is 2.22. The fourth-order valence-corrected chi connectivity index (χ4v) is 7.96. The Kier molecular flexibility index (Phi) is 9.17. The minimum absolute atomic E-state index is 1.18. The van der Waals surface area contributed by atoms with Gasteiger partial charge in [-0.25, -0.2) is 8.42 Å². The molecule has 3 rings (SSSR count). The number of aryl methyl sites for hydroxylation is 1. The SMILES string of the molecule is Cc1ccccc1[Se+](c1ccccc1)c1ccccc1.O=S(=O)([O-])C(F)(F)C(F)(F)C(F)(F)C(F)(F)F. The van der Waals surface area contributed by atoms with Crippen molar-refractivity contribution in [1.29, 1.82) is 0 Å². The summed E-state index contributed by atoms with van der Waals surface area (Å²) in [5.41, 5.74) is 1.39. The Morgan fingerprint density at radius 1 is 0.622 bits per heavy atom. The van der Waals surface area contributed by atoms with E-state index < -0.39 is 47.3 Å². The fourth-order valence-electron chi connectivity index (χ4n) is 2.81. The zero-order valence-electron chi connectivity index (χ0n) is 18.5. The molecule has 0 fully saturated rings. The Balaban J connectivity index is 0.000000265. The molecule has 0 saturated carbocycles. The van der Waals surface area contributed by atoms with Gasteiger partial charge in [0, 0.05) is 0 Å². The maximum Gasteiger partial charge on any atom is 0.460 e. The van der Waals surface area contributed by atoms with Crippen LogP contribution >= 0.6 is 0 Å². The van der Waals surface area contributed by atoms with Gasteiger partial charge >= 0.3 is 148 Å². The normalized spacial score (nSPS) is 13.2. The van der Waals surface area contributed by atoms with Crippen molar-refractivity contribution in [3.05, 3.63) is 90.5 Å². The van der Waals surface area contributed by atoms with Gasteiger partial charge in [-0.1, -0.05) is 0 Å². The summed E-state index contributed by atoms with van der Waals surface area (Å²) in [6, 6.07) is 30.6. The molecule has 0 aliphatic heterocycles. The van der Waals surface area contributed by atoms with E-state index in [1.807, 2.05) is 0 Å². The van der Waals surface area contributed by atoms with Gasteiger partial charge in [-0.2, -0.15) is 39.5 Å². The summed E-state index contributed by atoms with van der Waals surface area (Å²) in [5.74, 6) is -14.8. The number of hydrogen-bond acceptors (Lipinski definition) is 3. The van der Waals surface area contributed by atoms with Gasteiger partial charge in [0.2, 0.25) is 0 Å². The number of alkyl halides is 9. The van der Waals surface area contributed by atoms with Crippen LogP contribution in [0.1, 0.15) is 5.56 Å². The minimum atomic E-state index is -7.43. The van der Waals surface area contributed by atoms with E-state index in [-0.39, 0.29) is 0 Å². The third-order valence-electron chi connectivity index (χ3n) is 4.70. The van der Waals surface area contributed by atoms with Crippen LogP contribution in [0.5, 0.6) is 0 Å². The molecule has 0 aromatic heterocycles. The number of rotatable bonds is 6. The van der Waals surface area contributed by atoms with Crippen LogP contribution < -0.4 is 13.4 Å². The average molecular weight is 623 g/mol. The van der Waals surface area contributed by atoms with Gasteiger partial charge < -0.3 is 4.55 Å². The first-order chi connectivity index (χ1) is 16.9. The molecule has 0 amide bonds. The second-order valence-electron chi connectivity index (χ2n) is 7.32. The topological polar surface area (TPSA) is 57.2 Å². The maximum absolute atomic E-state index is 12.2. The standard InChI is InChI=1S/C19H17Se.C4HF9O3S/c1-16-10-8-9-15-19(16)20(17-11-4-2-5-12-17)18-13-6-3-7-14-18;5-1(6,3(9,10)11)2(7,8)4(12,13)17(14,15)16/h2-15H,1H3;(H,14,15,16)/q+1;/p-1. The summed E-state index contributed by atoms with van der Waals surface area (Å²) in [7, 11) is -7.42. The van der Waals surface area contributed by atoms with Crippen molar-refractivity contribution in [3.63, 3.8) is 0 Å². The first kappa shape index (κ1) is 30.7. The van der Waals surface area contributed by atoms with E-state index in [0.29, 0.717) is 0 Å². The monoisotopic (exact) mass is 624 g/mol. The minimum Gasteiger partial charge on any atom is -0.743 e. The van der Waals surface area contributed by atoms with Crippen LogP contribution in [-0.2, 0) is 10.1 Å². The predicted octanol–water partition coefficient (Wildman–Crippen LogP) is 4.47. The van der Waals surface area contributed by atoms with Crippen LogP contribution in [-0.4, -0.2) is 50.1 Å². The quantitative estimate of drug-likeness (QED) is 0.232. The van der Waals surface area contributed by atoms with E-state index in [2.05, 4.69) is 91.9 Å². The van der Waals surface area contributed by atoms with Gasteiger partial charge in [-0.3, -0.25) is 0 Å². The third kappa shape index (κ3) is 6.31. The Morgan fingerprint density at radius 2 is 1.00 bits per heavy atom. The van der Waals surface area contributed by atoms with E-state index in [4.69, 9.17) is 0 Å². The number of benzene rings is 3. The van der Waals surface area contributed by atoms with E-state index in [1.165, 1.54) is 18.9 Å². The molecular formula is C23H17F9O3SSe. The first-order valence-electron chi connectivity index (χ1n) is 9.92. The van der Waals surface area contributed by atoms with Gasteiger partial charge in [0.25, 0.3) is 0 Å². The molecule has 0 aliphatic carbocycles. The molecule has 0 N–H and O–H groups in total. The van der Waals surface area contributed by atoms with E-state index in [1.54, 1.807) is 0 Å². The molecule has 0 radical (unpaired) electrons. The van der Waals surface area contributed by atoms with Crippen molar-refractivity contribution in [3.8, 4) is 0 Å². The van der Waals surface area contributed by atoms with E-state index >= 15 is 0 Å². The molecule has 0 atom stereocenters. The molecule has 3 aromatic carbocycles. The Bertz CT molecular complexity index is 1240. The molecule has 37 heavy (non-hydrogen) atoms. The molecule has 0 spiro atoms. The second kappa shape index (κ2) is 11.1. The zero-order chi connectivity index (χ0) is 28.3. The van der Waals surface area contributed by atoms with Crippen molar-refractivity contribution < 1.29 is 52.5 Å². The molecule has 3 aromatic rings.